The number of hydrogen-bond acceptors (Lipinski definition) is 6. The van der Waals surface area contributed by atoms with Crippen molar-refractivity contribution in [2.24, 2.45) is 17.6 Å². The fraction of sp³-hybridized carbons (Fsp3) is 0.800. The number of primary amides is 1. The Morgan fingerprint density at radius 1 is 1.14 bits per heavy atom. The van der Waals surface area contributed by atoms with Gasteiger partial charge in [0.15, 0.2) is 0 Å². The monoisotopic (exact) mass is 431 g/mol. The summed E-state index contributed by atoms with van der Waals surface area (Å²) in [7, 11) is 1.47. The number of thioether (sulfide) groups is 1. The molecule has 0 aromatic rings. The second kappa shape index (κ2) is 10.7. The maximum Gasteiger partial charge on any atom is 0.308 e. The van der Waals surface area contributed by atoms with Gasteiger partial charge in [0.1, 0.15) is 0 Å². The molecule has 3 aliphatic rings. The van der Waals surface area contributed by atoms with Gasteiger partial charge >= 0.3 is 5.97 Å². The van der Waals surface area contributed by atoms with Crippen molar-refractivity contribution in [3.63, 3.8) is 0 Å². The number of nitrogens with one attached hydrogen (secondary N) is 1. The van der Waals surface area contributed by atoms with Gasteiger partial charge in [0.2, 0.25) is 0 Å². The second-order valence-electron chi connectivity index (χ2n) is 8.06. The van der Waals surface area contributed by atoms with E-state index >= 15 is 0 Å². The average Bonchev–Trinajstić information content (AvgIpc) is 3.03. The number of halogens is 1. The van der Waals surface area contributed by atoms with E-state index in [0.717, 1.165) is 61.7 Å². The lowest BCUT2D eigenvalue weighted by molar-refractivity contribution is -0.146. The van der Waals surface area contributed by atoms with Crippen LogP contribution in [0.4, 0.5) is 0 Å². The first kappa shape index (κ1) is 23.4. The Bertz CT molecular complexity index is 587. The van der Waals surface area contributed by atoms with E-state index in [4.69, 9.17) is 10.5 Å². The standard InChI is InChI=1S/C20H33N3O3S.ClH/c1-13-18(19(21)24)27-17(8-3-14-9-11-22-12-10-14)23(13)16-6-4-15(5-7-16)20(25)26-2;/h14-17,22H,3-12H2,1-2H3,(H2,21,24);1H. The summed E-state index contributed by atoms with van der Waals surface area (Å²) in [5.41, 5.74) is 6.68. The maximum absolute atomic E-state index is 11.9. The van der Waals surface area contributed by atoms with E-state index in [9.17, 15) is 9.59 Å². The van der Waals surface area contributed by atoms with E-state index in [1.54, 1.807) is 11.8 Å². The zero-order chi connectivity index (χ0) is 19.4. The largest absolute Gasteiger partial charge is 0.469 e. The lowest BCUT2D eigenvalue weighted by Gasteiger charge is -2.40. The third-order valence-electron chi connectivity index (χ3n) is 6.41. The molecule has 28 heavy (non-hydrogen) atoms. The van der Waals surface area contributed by atoms with Gasteiger partial charge in [0.05, 0.1) is 23.3 Å². The zero-order valence-corrected chi connectivity index (χ0v) is 18.6. The van der Waals surface area contributed by atoms with E-state index < -0.39 is 0 Å². The fourth-order valence-electron chi connectivity index (χ4n) is 4.86. The molecule has 3 N–H and O–H groups in total. The van der Waals surface area contributed by atoms with Crippen molar-refractivity contribution in [3.05, 3.63) is 10.6 Å². The molecular weight excluding hydrogens is 398 g/mol. The maximum atomic E-state index is 11.9. The molecular formula is C20H34ClN3O3S. The number of ether oxygens (including phenoxy) is 1. The topological polar surface area (TPSA) is 84.7 Å². The minimum absolute atomic E-state index is 0. The van der Waals surface area contributed by atoms with Crippen LogP contribution >= 0.6 is 24.2 Å². The van der Waals surface area contributed by atoms with Gasteiger partial charge in [-0.3, -0.25) is 9.59 Å². The van der Waals surface area contributed by atoms with E-state index in [2.05, 4.69) is 10.2 Å². The molecule has 2 aliphatic heterocycles. The molecule has 1 saturated heterocycles. The van der Waals surface area contributed by atoms with E-state index in [1.165, 1.54) is 26.4 Å². The van der Waals surface area contributed by atoms with Crippen molar-refractivity contribution in [3.8, 4) is 0 Å². The van der Waals surface area contributed by atoms with Crippen LogP contribution in [0.1, 0.15) is 58.3 Å². The van der Waals surface area contributed by atoms with Gasteiger partial charge in [-0.25, -0.2) is 0 Å². The number of methoxy groups -OCH3 is 1. The fourth-order valence-corrected chi connectivity index (χ4v) is 6.22. The Morgan fingerprint density at radius 3 is 2.36 bits per heavy atom. The quantitative estimate of drug-likeness (QED) is 0.629. The van der Waals surface area contributed by atoms with Crippen molar-refractivity contribution in [1.29, 1.82) is 0 Å². The minimum Gasteiger partial charge on any atom is -0.469 e. The third kappa shape index (κ3) is 5.36. The van der Waals surface area contributed by atoms with Crippen LogP contribution in [0.25, 0.3) is 0 Å². The van der Waals surface area contributed by atoms with E-state index in [1.807, 2.05) is 6.92 Å². The number of carbonyl (C=O) groups is 2. The summed E-state index contributed by atoms with van der Waals surface area (Å²) < 4.78 is 4.91. The lowest BCUT2D eigenvalue weighted by atomic mass is 9.85. The summed E-state index contributed by atoms with van der Waals surface area (Å²) in [6.45, 7) is 4.27. The molecule has 0 radical (unpaired) electrons. The number of carbonyl (C=O) groups excluding carboxylic acids is 2. The first-order valence-electron chi connectivity index (χ1n) is 10.3. The third-order valence-corrected chi connectivity index (χ3v) is 7.88. The average molecular weight is 432 g/mol. The summed E-state index contributed by atoms with van der Waals surface area (Å²) in [6, 6.07) is 0.383. The van der Waals surface area contributed by atoms with Crippen molar-refractivity contribution < 1.29 is 14.3 Å². The highest BCUT2D eigenvalue weighted by Crippen LogP contribution is 2.45. The van der Waals surface area contributed by atoms with Gasteiger partial charge in [-0.05, 0) is 77.3 Å². The Balaban J connectivity index is 0.00000280. The number of allylic oxidation sites excluding steroid dienone is 1. The van der Waals surface area contributed by atoms with Crippen LogP contribution in [0, 0.1) is 11.8 Å². The Morgan fingerprint density at radius 2 is 1.79 bits per heavy atom. The Kier molecular flexibility index (Phi) is 8.96. The van der Waals surface area contributed by atoms with Crippen LogP contribution < -0.4 is 11.1 Å². The molecule has 2 fully saturated rings. The van der Waals surface area contributed by atoms with E-state index in [0.29, 0.717) is 11.4 Å². The molecule has 0 spiro atoms. The summed E-state index contributed by atoms with van der Waals surface area (Å²) in [6.07, 6.45) is 8.43. The summed E-state index contributed by atoms with van der Waals surface area (Å²) >= 11 is 1.65. The van der Waals surface area contributed by atoms with Gasteiger partial charge in [-0.15, -0.1) is 12.4 Å². The van der Waals surface area contributed by atoms with Crippen molar-refractivity contribution in [1.82, 2.24) is 10.2 Å². The Labute approximate surface area is 178 Å². The highest BCUT2D eigenvalue weighted by Gasteiger charge is 2.39. The second-order valence-corrected chi connectivity index (χ2v) is 9.25. The molecule has 0 bridgehead atoms. The van der Waals surface area contributed by atoms with Crippen LogP contribution in [0.5, 0.6) is 0 Å². The van der Waals surface area contributed by atoms with Gasteiger partial charge in [-0.1, -0.05) is 11.8 Å². The molecule has 2 heterocycles. The molecule has 1 amide bonds. The number of hydrogen-bond donors (Lipinski definition) is 2. The molecule has 0 aromatic carbocycles. The van der Waals surface area contributed by atoms with Crippen molar-refractivity contribution >= 4 is 36.0 Å². The summed E-state index contributed by atoms with van der Waals surface area (Å²) in [5, 5.41) is 3.72. The Hall–Kier alpha value is -0.920. The van der Waals surface area contributed by atoms with Gasteiger partial charge in [0, 0.05) is 11.7 Å². The summed E-state index contributed by atoms with van der Waals surface area (Å²) in [5.74, 6) is 0.406. The molecule has 1 atom stereocenters. The normalized spacial score (nSPS) is 28.8. The molecule has 6 nitrogen and oxygen atoms in total. The van der Waals surface area contributed by atoms with Crippen LogP contribution in [0.3, 0.4) is 0 Å². The van der Waals surface area contributed by atoms with Crippen LogP contribution in [0.15, 0.2) is 10.6 Å². The van der Waals surface area contributed by atoms with Crippen LogP contribution in [0.2, 0.25) is 0 Å². The van der Waals surface area contributed by atoms with Gasteiger partial charge < -0.3 is 20.7 Å². The first-order chi connectivity index (χ1) is 13.0. The summed E-state index contributed by atoms with van der Waals surface area (Å²) in [4.78, 5) is 26.9. The molecule has 160 valence electrons. The number of amides is 1. The predicted octanol–water partition coefficient (Wildman–Crippen LogP) is 3.01. The predicted molar refractivity (Wildman–Crippen MR) is 115 cm³/mol. The van der Waals surface area contributed by atoms with Crippen LogP contribution in [-0.4, -0.2) is 48.4 Å². The first-order valence-corrected chi connectivity index (χ1v) is 11.1. The van der Waals surface area contributed by atoms with Gasteiger partial charge in [0.25, 0.3) is 5.91 Å². The number of nitrogens with two attached hydrogens (primary N) is 1. The molecule has 3 rings (SSSR count). The number of esters is 1. The minimum atomic E-state index is -0.310. The molecule has 1 unspecified atom stereocenters. The molecule has 1 aliphatic carbocycles. The number of nitrogens with zero attached hydrogens (tertiary/aromatic N) is 1. The zero-order valence-electron chi connectivity index (χ0n) is 16.9. The SMILES string of the molecule is COC(=O)C1CCC(N2C(C)=C(C(N)=O)SC2CCC2CCNCC2)CC1.Cl. The number of piperidine rings is 1. The van der Waals surface area contributed by atoms with Gasteiger partial charge in [-0.2, -0.15) is 0 Å². The molecule has 0 aromatic heterocycles. The van der Waals surface area contributed by atoms with E-state index in [-0.39, 0.29) is 30.2 Å². The number of rotatable bonds is 6. The van der Waals surface area contributed by atoms with Crippen molar-refractivity contribution in [2.75, 3.05) is 20.2 Å². The molecule has 1 saturated carbocycles. The lowest BCUT2D eigenvalue weighted by Crippen LogP contribution is -2.41. The molecule has 8 heteroatoms. The highest BCUT2D eigenvalue weighted by molar-refractivity contribution is 8.04. The highest BCUT2D eigenvalue weighted by atomic mass is 35.5. The van der Waals surface area contributed by atoms with Crippen LogP contribution in [-0.2, 0) is 14.3 Å². The van der Waals surface area contributed by atoms with Crippen molar-refractivity contribution in [2.45, 2.75) is 69.7 Å². The smallest absolute Gasteiger partial charge is 0.308 e.